The van der Waals surface area contributed by atoms with Crippen LogP contribution in [0.15, 0.2) is 23.1 Å². The third kappa shape index (κ3) is 2.69. The second-order valence-electron chi connectivity index (χ2n) is 5.20. The monoisotopic (exact) mass is 247 g/mol. The van der Waals surface area contributed by atoms with E-state index >= 15 is 0 Å². The van der Waals surface area contributed by atoms with Crippen LogP contribution in [-0.2, 0) is 12.8 Å². The second-order valence-corrected chi connectivity index (χ2v) is 6.33. The number of fused-ring (bicyclic) bond motifs is 1. The lowest BCUT2D eigenvalue weighted by molar-refractivity contribution is 0.398. The summed E-state index contributed by atoms with van der Waals surface area (Å²) in [5.41, 5.74) is 3.25. The average molecular weight is 247 g/mol. The van der Waals surface area contributed by atoms with Crippen LogP contribution in [0, 0.1) is 0 Å². The third-order valence-electron chi connectivity index (χ3n) is 3.94. The first-order valence-corrected chi connectivity index (χ1v) is 7.89. The van der Waals surface area contributed by atoms with Crippen molar-refractivity contribution in [2.75, 3.05) is 12.3 Å². The zero-order chi connectivity index (χ0) is 11.5. The minimum absolute atomic E-state index is 0.724. The Bertz CT molecular complexity index is 383. The lowest BCUT2D eigenvalue weighted by atomic mass is 9.93. The Kier molecular flexibility index (Phi) is 3.72. The predicted octanol–water partition coefficient (Wildman–Crippen LogP) is 3.41. The first kappa shape index (κ1) is 11.6. The Morgan fingerprint density at radius 2 is 2.24 bits per heavy atom. The summed E-state index contributed by atoms with van der Waals surface area (Å²) < 4.78 is 0. The molecule has 1 fully saturated rings. The lowest BCUT2D eigenvalue weighted by Crippen LogP contribution is -2.35. The molecule has 1 unspecified atom stereocenters. The molecule has 92 valence electrons. The molecule has 0 spiro atoms. The van der Waals surface area contributed by atoms with E-state index in [0.717, 1.165) is 6.04 Å². The molecule has 1 aromatic rings. The quantitative estimate of drug-likeness (QED) is 0.859. The van der Waals surface area contributed by atoms with E-state index in [0.29, 0.717) is 0 Å². The molecule has 2 aliphatic heterocycles. The number of rotatable bonds is 2. The summed E-state index contributed by atoms with van der Waals surface area (Å²) in [5, 5.41) is 3.67. The Morgan fingerprint density at radius 3 is 3.12 bits per heavy atom. The van der Waals surface area contributed by atoms with Gasteiger partial charge < -0.3 is 5.32 Å². The maximum absolute atomic E-state index is 3.67. The fraction of sp³-hybridized carbons (Fsp3) is 0.600. The van der Waals surface area contributed by atoms with Crippen molar-refractivity contribution in [3.63, 3.8) is 0 Å². The van der Waals surface area contributed by atoms with E-state index in [9.17, 15) is 0 Å². The molecule has 17 heavy (non-hydrogen) atoms. The average Bonchev–Trinajstić information content (AvgIpc) is 2.40. The largest absolute Gasteiger partial charge is 0.314 e. The minimum atomic E-state index is 0.724. The van der Waals surface area contributed by atoms with Gasteiger partial charge >= 0.3 is 0 Å². The van der Waals surface area contributed by atoms with Gasteiger partial charge in [-0.1, -0.05) is 18.6 Å². The number of benzene rings is 1. The van der Waals surface area contributed by atoms with Crippen molar-refractivity contribution in [3.8, 4) is 0 Å². The molecule has 2 aliphatic rings. The van der Waals surface area contributed by atoms with Gasteiger partial charge in [-0.05, 0) is 61.6 Å². The fourth-order valence-corrected chi connectivity index (χ4v) is 4.11. The van der Waals surface area contributed by atoms with Crippen molar-refractivity contribution in [2.24, 2.45) is 0 Å². The molecule has 0 radical (unpaired) electrons. The molecule has 1 aromatic carbocycles. The van der Waals surface area contributed by atoms with Crippen LogP contribution >= 0.6 is 11.8 Å². The predicted molar refractivity (Wildman–Crippen MR) is 74.8 cm³/mol. The van der Waals surface area contributed by atoms with Crippen molar-refractivity contribution in [1.29, 1.82) is 0 Å². The first-order valence-electron chi connectivity index (χ1n) is 6.90. The van der Waals surface area contributed by atoms with E-state index < -0.39 is 0 Å². The summed E-state index contributed by atoms with van der Waals surface area (Å²) in [6.07, 6.45) is 8.01. The van der Waals surface area contributed by atoms with Crippen molar-refractivity contribution < 1.29 is 0 Å². The van der Waals surface area contributed by atoms with Gasteiger partial charge in [0.1, 0.15) is 0 Å². The van der Waals surface area contributed by atoms with Crippen LogP contribution < -0.4 is 5.32 Å². The third-order valence-corrected chi connectivity index (χ3v) is 5.12. The Hall–Kier alpha value is -0.470. The van der Waals surface area contributed by atoms with Crippen molar-refractivity contribution >= 4 is 11.8 Å². The topological polar surface area (TPSA) is 12.0 Å². The molecule has 0 saturated carbocycles. The van der Waals surface area contributed by atoms with Gasteiger partial charge in [-0.15, -0.1) is 11.8 Å². The van der Waals surface area contributed by atoms with Gasteiger partial charge in [-0.3, -0.25) is 0 Å². The fourth-order valence-electron chi connectivity index (χ4n) is 3.02. The molecule has 2 heterocycles. The highest BCUT2D eigenvalue weighted by Crippen LogP contribution is 2.32. The molecular weight excluding hydrogens is 226 g/mol. The molecule has 2 heteroatoms. The van der Waals surface area contributed by atoms with Gasteiger partial charge in [0.15, 0.2) is 0 Å². The molecule has 1 saturated heterocycles. The van der Waals surface area contributed by atoms with Crippen LogP contribution in [0.2, 0.25) is 0 Å². The van der Waals surface area contributed by atoms with Gasteiger partial charge in [0, 0.05) is 10.9 Å². The molecule has 1 atom stereocenters. The van der Waals surface area contributed by atoms with Gasteiger partial charge in [-0.25, -0.2) is 0 Å². The van der Waals surface area contributed by atoms with Crippen LogP contribution in [0.5, 0.6) is 0 Å². The summed E-state index contributed by atoms with van der Waals surface area (Å²) in [5.74, 6) is 1.30. The van der Waals surface area contributed by atoms with Crippen molar-refractivity contribution in [1.82, 2.24) is 5.32 Å². The SMILES string of the molecule is c1cc(CC2CCCCN2)c2c(c1)SCCC2. The maximum atomic E-state index is 3.67. The maximum Gasteiger partial charge on any atom is 0.0108 e. The number of thioether (sulfide) groups is 1. The molecule has 0 aromatic heterocycles. The van der Waals surface area contributed by atoms with Crippen LogP contribution in [0.1, 0.15) is 36.8 Å². The normalized spacial score (nSPS) is 24.4. The zero-order valence-electron chi connectivity index (χ0n) is 10.4. The van der Waals surface area contributed by atoms with Gasteiger partial charge in [0.2, 0.25) is 0 Å². The van der Waals surface area contributed by atoms with Gasteiger partial charge in [0.05, 0.1) is 0 Å². The summed E-state index contributed by atoms with van der Waals surface area (Å²) in [6.45, 7) is 1.22. The van der Waals surface area contributed by atoms with Crippen LogP contribution in [0.4, 0.5) is 0 Å². The molecule has 1 N–H and O–H groups in total. The number of nitrogens with one attached hydrogen (secondary N) is 1. The van der Waals surface area contributed by atoms with E-state index in [-0.39, 0.29) is 0 Å². The van der Waals surface area contributed by atoms with Crippen LogP contribution in [-0.4, -0.2) is 18.3 Å². The minimum Gasteiger partial charge on any atom is -0.314 e. The van der Waals surface area contributed by atoms with Crippen molar-refractivity contribution in [2.45, 2.75) is 49.5 Å². The molecule has 0 bridgehead atoms. The molecule has 1 nitrogen and oxygen atoms in total. The van der Waals surface area contributed by atoms with E-state index in [1.54, 1.807) is 16.0 Å². The van der Waals surface area contributed by atoms with Gasteiger partial charge in [-0.2, -0.15) is 0 Å². The molecule has 0 aliphatic carbocycles. The first-order chi connectivity index (χ1) is 8.43. The smallest absolute Gasteiger partial charge is 0.0108 e. The van der Waals surface area contributed by atoms with Gasteiger partial charge in [0.25, 0.3) is 0 Å². The van der Waals surface area contributed by atoms with Crippen molar-refractivity contribution in [3.05, 3.63) is 29.3 Å². The standard InChI is InChI=1S/C15H21NS/c1-2-9-16-13(6-1)11-12-5-3-8-15-14(12)7-4-10-17-15/h3,5,8,13,16H,1-2,4,6-7,9-11H2. The highest BCUT2D eigenvalue weighted by atomic mass is 32.2. The van der Waals surface area contributed by atoms with E-state index in [1.165, 1.54) is 50.8 Å². The van der Waals surface area contributed by atoms with E-state index in [1.807, 2.05) is 11.8 Å². The lowest BCUT2D eigenvalue weighted by Gasteiger charge is -2.26. The summed E-state index contributed by atoms with van der Waals surface area (Å²) in [4.78, 5) is 1.55. The van der Waals surface area contributed by atoms with Crippen LogP contribution in [0.3, 0.4) is 0 Å². The highest BCUT2D eigenvalue weighted by molar-refractivity contribution is 7.99. The summed E-state index contributed by atoms with van der Waals surface area (Å²) in [7, 11) is 0. The summed E-state index contributed by atoms with van der Waals surface area (Å²) in [6, 6.07) is 7.62. The molecule has 0 amide bonds. The zero-order valence-corrected chi connectivity index (χ0v) is 11.2. The van der Waals surface area contributed by atoms with E-state index in [2.05, 4.69) is 23.5 Å². The molecular formula is C15H21NS. The second kappa shape index (κ2) is 5.45. The number of piperidine rings is 1. The Morgan fingerprint density at radius 1 is 1.24 bits per heavy atom. The summed E-state index contributed by atoms with van der Waals surface area (Å²) >= 11 is 2.04. The Labute approximate surface area is 108 Å². The number of hydrogen-bond acceptors (Lipinski definition) is 2. The van der Waals surface area contributed by atoms with E-state index in [4.69, 9.17) is 0 Å². The van der Waals surface area contributed by atoms with Crippen LogP contribution in [0.25, 0.3) is 0 Å². The molecule has 3 rings (SSSR count). The Balaban J connectivity index is 1.77. The number of hydrogen-bond donors (Lipinski definition) is 1. The highest BCUT2D eigenvalue weighted by Gasteiger charge is 2.18.